The highest BCUT2D eigenvalue weighted by Gasteiger charge is 1.88. The molecule has 0 radical (unpaired) electrons. The zero-order chi connectivity index (χ0) is 6.41. The molecule has 0 aliphatic heterocycles. The molecule has 0 heterocycles. The van der Waals surface area contributed by atoms with Crippen molar-refractivity contribution in [3.8, 4) is 0 Å². The van der Waals surface area contributed by atoms with E-state index < -0.39 is 0 Å². The second-order valence-electron chi connectivity index (χ2n) is 1.14. The molecule has 0 spiro atoms. The van der Waals surface area contributed by atoms with Gasteiger partial charge in [0, 0.05) is 6.08 Å². The van der Waals surface area contributed by atoms with Crippen molar-refractivity contribution < 1.29 is 9.53 Å². The van der Waals surface area contributed by atoms with Gasteiger partial charge in [-0.3, -0.25) is 4.79 Å². The number of hydrogen-bond acceptors (Lipinski definition) is 2. The number of carbonyl (C=O) groups excluding carboxylic acids is 1. The zero-order valence-electron chi connectivity index (χ0n) is 4.56. The first kappa shape index (κ1) is 7.50. The lowest BCUT2D eigenvalue weighted by atomic mass is 10.4. The smallest absolute Gasteiger partial charge is 0.173 e. The summed E-state index contributed by atoms with van der Waals surface area (Å²) in [5.74, 6) is -0.131. The lowest BCUT2D eigenvalue weighted by Crippen LogP contribution is -1.91. The summed E-state index contributed by atoms with van der Waals surface area (Å²) in [6.45, 7) is 0. The topological polar surface area (TPSA) is 26.3 Å². The molecule has 0 atom stereocenters. The summed E-state index contributed by atoms with van der Waals surface area (Å²) in [5.41, 5.74) is 0. The molecule has 0 saturated heterocycles. The van der Waals surface area contributed by atoms with Crippen LogP contribution in [-0.4, -0.2) is 18.8 Å². The number of rotatable bonds is 3. The van der Waals surface area contributed by atoms with Gasteiger partial charge in [-0.1, -0.05) is 0 Å². The van der Waals surface area contributed by atoms with Crippen LogP contribution in [-0.2, 0) is 9.53 Å². The second kappa shape index (κ2) is 4.65. The standard InChI is InChI=1S/C5H7ClO2/c1-8-3-2-5(7)4-6/h2-3H,4H2,1H3/b3-2+. The number of ether oxygens (including phenoxy) is 1. The average Bonchev–Trinajstić information content (AvgIpc) is 1.83. The summed E-state index contributed by atoms with van der Waals surface area (Å²) in [7, 11) is 1.47. The summed E-state index contributed by atoms with van der Waals surface area (Å²) >= 11 is 5.13. The van der Waals surface area contributed by atoms with Crippen LogP contribution < -0.4 is 0 Å². The number of hydrogen-bond donors (Lipinski definition) is 0. The Morgan fingerprint density at radius 1 is 1.88 bits per heavy atom. The predicted molar refractivity (Wildman–Crippen MR) is 31.9 cm³/mol. The fourth-order valence-electron chi connectivity index (χ4n) is 0.188. The monoisotopic (exact) mass is 134 g/mol. The van der Waals surface area contributed by atoms with Crippen LogP contribution in [0.3, 0.4) is 0 Å². The van der Waals surface area contributed by atoms with Crippen molar-refractivity contribution in [2.75, 3.05) is 13.0 Å². The van der Waals surface area contributed by atoms with E-state index in [0.29, 0.717) is 0 Å². The number of carbonyl (C=O) groups is 1. The molecule has 0 rings (SSSR count). The first-order valence-electron chi connectivity index (χ1n) is 2.09. The molecule has 46 valence electrons. The Kier molecular flexibility index (Phi) is 4.36. The van der Waals surface area contributed by atoms with Gasteiger partial charge in [0.1, 0.15) is 0 Å². The number of allylic oxidation sites excluding steroid dienone is 1. The highest BCUT2D eigenvalue weighted by molar-refractivity contribution is 6.29. The van der Waals surface area contributed by atoms with Crippen LogP contribution in [0.2, 0.25) is 0 Å². The van der Waals surface area contributed by atoms with Crippen LogP contribution in [0.1, 0.15) is 0 Å². The van der Waals surface area contributed by atoms with Crippen LogP contribution in [0.5, 0.6) is 0 Å². The normalized spacial score (nSPS) is 9.75. The zero-order valence-corrected chi connectivity index (χ0v) is 5.31. The van der Waals surface area contributed by atoms with E-state index in [1.807, 2.05) is 0 Å². The third-order valence-corrected chi connectivity index (χ3v) is 0.785. The van der Waals surface area contributed by atoms with E-state index in [1.165, 1.54) is 19.4 Å². The molecular weight excluding hydrogens is 128 g/mol. The van der Waals surface area contributed by atoms with Crippen LogP contribution in [0, 0.1) is 0 Å². The SMILES string of the molecule is CO/C=C/C(=O)CCl. The van der Waals surface area contributed by atoms with Crippen LogP contribution >= 0.6 is 11.6 Å². The molecule has 0 saturated carbocycles. The van der Waals surface area contributed by atoms with Crippen molar-refractivity contribution in [3.05, 3.63) is 12.3 Å². The van der Waals surface area contributed by atoms with Crippen molar-refractivity contribution in [2.45, 2.75) is 0 Å². The van der Waals surface area contributed by atoms with E-state index >= 15 is 0 Å². The first-order valence-corrected chi connectivity index (χ1v) is 2.63. The molecular formula is C5H7ClO2. The summed E-state index contributed by atoms with van der Waals surface area (Å²) in [6, 6.07) is 0. The number of halogens is 1. The van der Waals surface area contributed by atoms with Crippen molar-refractivity contribution in [2.24, 2.45) is 0 Å². The first-order chi connectivity index (χ1) is 3.81. The average molecular weight is 135 g/mol. The molecule has 0 fully saturated rings. The third-order valence-electron chi connectivity index (χ3n) is 0.522. The van der Waals surface area contributed by atoms with Gasteiger partial charge in [0.15, 0.2) is 5.78 Å². The lowest BCUT2D eigenvalue weighted by molar-refractivity contribution is -0.112. The Labute approximate surface area is 53.1 Å². The Morgan fingerprint density at radius 2 is 2.50 bits per heavy atom. The highest BCUT2D eigenvalue weighted by atomic mass is 35.5. The summed E-state index contributed by atoms with van der Waals surface area (Å²) in [4.78, 5) is 10.3. The maximum Gasteiger partial charge on any atom is 0.173 e. The van der Waals surface area contributed by atoms with Crippen LogP contribution in [0.25, 0.3) is 0 Å². The van der Waals surface area contributed by atoms with E-state index in [1.54, 1.807) is 0 Å². The lowest BCUT2D eigenvalue weighted by Gasteiger charge is -1.83. The Bertz CT molecular complexity index is 98.6. The third kappa shape index (κ3) is 3.68. The summed E-state index contributed by atoms with van der Waals surface area (Å²) in [6.07, 6.45) is 2.58. The molecule has 0 unspecified atom stereocenters. The van der Waals surface area contributed by atoms with E-state index in [2.05, 4.69) is 4.74 Å². The minimum Gasteiger partial charge on any atom is -0.504 e. The fourth-order valence-corrected chi connectivity index (χ4v) is 0.278. The summed E-state index contributed by atoms with van der Waals surface area (Å²) < 4.78 is 4.45. The van der Waals surface area contributed by atoms with Gasteiger partial charge >= 0.3 is 0 Å². The Balaban J connectivity index is 3.37. The quantitative estimate of drug-likeness (QED) is 0.327. The van der Waals surface area contributed by atoms with Crippen molar-refractivity contribution in [1.82, 2.24) is 0 Å². The molecule has 0 aliphatic carbocycles. The predicted octanol–water partition coefficient (Wildman–Crippen LogP) is 0.954. The van der Waals surface area contributed by atoms with Gasteiger partial charge in [-0.2, -0.15) is 0 Å². The van der Waals surface area contributed by atoms with E-state index in [4.69, 9.17) is 11.6 Å². The molecule has 3 heteroatoms. The fraction of sp³-hybridized carbons (Fsp3) is 0.400. The molecule has 0 amide bonds. The molecule has 0 aromatic carbocycles. The summed E-state index contributed by atoms with van der Waals surface area (Å²) in [5, 5.41) is 0. The van der Waals surface area contributed by atoms with Crippen LogP contribution in [0.4, 0.5) is 0 Å². The van der Waals surface area contributed by atoms with Gasteiger partial charge in [0.2, 0.25) is 0 Å². The minimum absolute atomic E-state index is 0.0137. The highest BCUT2D eigenvalue weighted by Crippen LogP contribution is 1.80. The van der Waals surface area contributed by atoms with E-state index in [-0.39, 0.29) is 11.7 Å². The Morgan fingerprint density at radius 3 is 2.88 bits per heavy atom. The van der Waals surface area contributed by atoms with Gasteiger partial charge in [-0.05, 0) is 0 Å². The van der Waals surface area contributed by atoms with Gasteiger partial charge in [-0.25, -0.2) is 0 Å². The van der Waals surface area contributed by atoms with E-state index in [9.17, 15) is 4.79 Å². The second-order valence-corrected chi connectivity index (χ2v) is 1.41. The molecule has 0 aromatic heterocycles. The van der Waals surface area contributed by atoms with Crippen molar-refractivity contribution in [1.29, 1.82) is 0 Å². The van der Waals surface area contributed by atoms with Gasteiger partial charge in [0.25, 0.3) is 0 Å². The maximum absolute atomic E-state index is 10.3. The van der Waals surface area contributed by atoms with Crippen molar-refractivity contribution >= 4 is 17.4 Å². The minimum atomic E-state index is -0.145. The van der Waals surface area contributed by atoms with Crippen LogP contribution in [0.15, 0.2) is 12.3 Å². The molecule has 0 N–H and O–H groups in total. The van der Waals surface area contributed by atoms with E-state index in [0.717, 1.165) is 0 Å². The Hall–Kier alpha value is -0.500. The maximum atomic E-state index is 10.3. The number of ketones is 1. The molecule has 2 nitrogen and oxygen atoms in total. The molecule has 0 aromatic rings. The van der Waals surface area contributed by atoms with Crippen molar-refractivity contribution in [3.63, 3.8) is 0 Å². The molecule has 0 aliphatic rings. The van der Waals surface area contributed by atoms with Gasteiger partial charge in [0.05, 0.1) is 19.3 Å². The van der Waals surface area contributed by atoms with Gasteiger partial charge in [-0.15, -0.1) is 11.6 Å². The number of methoxy groups -OCH3 is 1. The van der Waals surface area contributed by atoms with Gasteiger partial charge < -0.3 is 4.74 Å². The number of alkyl halides is 1. The largest absolute Gasteiger partial charge is 0.504 e. The molecule has 0 bridgehead atoms. The molecule has 8 heavy (non-hydrogen) atoms.